The van der Waals surface area contributed by atoms with Crippen LogP contribution in [0.1, 0.15) is 36.0 Å². The number of benzene rings is 1. The molecule has 0 radical (unpaired) electrons. The van der Waals surface area contributed by atoms with Crippen molar-refractivity contribution in [2.75, 3.05) is 17.7 Å². The van der Waals surface area contributed by atoms with Gasteiger partial charge < -0.3 is 20.5 Å². The lowest BCUT2D eigenvalue weighted by Gasteiger charge is -2.26. The molecule has 3 N–H and O–H groups in total. The van der Waals surface area contributed by atoms with Gasteiger partial charge in [0.2, 0.25) is 5.95 Å². The van der Waals surface area contributed by atoms with Crippen LogP contribution < -0.4 is 15.4 Å². The molecule has 2 heterocycles. The number of hydrogen-bond acceptors (Lipinski definition) is 7. The van der Waals surface area contributed by atoms with E-state index in [4.69, 9.17) is 4.74 Å². The molecule has 0 saturated heterocycles. The maximum Gasteiger partial charge on any atom is 0.256 e. The highest BCUT2D eigenvalue weighted by atomic mass is 16.5. The molecule has 1 aliphatic rings. The molecule has 1 saturated carbocycles. The summed E-state index contributed by atoms with van der Waals surface area (Å²) in [5, 5.41) is 16.6. The first-order valence-electron chi connectivity index (χ1n) is 9.63. The standard InChI is InChI=1S/C21H23N5O3/c1-29-17-8-9-22-19(11-17)26-20(28)13-2-3-14-12-23-21(25-18(14)10-13)24-15-4-6-16(27)7-5-15/h2-3,8-12,15-16,27H,4-7H2,1H3,(H,22,26,28)(H,23,24,25). The molecule has 1 amide bonds. The molecule has 0 aliphatic heterocycles. The number of pyridine rings is 1. The highest BCUT2D eigenvalue weighted by molar-refractivity contribution is 6.05. The van der Waals surface area contributed by atoms with Crippen molar-refractivity contribution in [3.8, 4) is 5.75 Å². The quantitative estimate of drug-likeness (QED) is 0.611. The summed E-state index contributed by atoms with van der Waals surface area (Å²) in [4.78, 5) is 25.7. The molecule has 0 unspecified atom stereocenters. The first-order valence-corrected chi connectivity index (χ1v) is 9.63. The second-order valence-electron chi connectivity index (χ2n) is 7.15. The van der Waals surface area contributed by atoms with Gasteiger partial charge in [-0.25, -0.2) is 15.0 Å². The van der Waals surface area contributed by atoms with E-state index in [0.717, 1.165) is 31.1 Å². The number of anilines is 2. The van der Waals surface area contributed by atoms with Crippen molar-refractivity contribution in [2.24, 2.45) is 0 Å². The lowest BCUT2D eigenvalue weighted by molar-refractivity contribution is 0.102. The van der Waals surface area contributed by atoms with Gasteiger partial charge in [0.15, 0.2) is 0 Å². The van der Waals surface area contributed by atoms with E-state index >= 15 is 0 Å². The van der Waals surface area contributed by atoms with Crippen LogP contribution in [-0.2, 0) is 0 Å². The number of aliphatic hydroxyl groups is 1. The van der Waals surface area contributed by atoms with E-state index in [0.29, 0.717) is 28.6 Å². The van der Waals surface area contributed by atoms with E-state index < -0.39 is 0 Å². The Balaban J connectivity index is 1.50. The fourth-order valence-corrected chi connectivity index (χ4v) is 3.43. The van der Waals surface area contributed by atoms with Crippen LogP contribution in [0.15, 0.2) is 42.7 Å². The minimum Gasteiger partial charge on any atom is -0.497 e. The van der Waals surface area contributed by atoms with Gasteiger partial charge in [0.05, 0.1) is 18.7 Å². The van der Waals surface area contributed by atoms with E-state index in [-0.39, 0.29) is 18.1 Å². The molecule has 150 valence electrons. The van der Waals surface area contributed by atoms with E-state index in [2.05, 4.69) is 25.6 Å². The summed E-state index contributed by atoms with van der Waals surface area (Å²) < 4.78 is 5.15. The highest BCUT2D eigenvalue weighted by Crippen LogP contribution is 2.22. The van der Waals surface area contributed by atoms with Crippen LogP contribution in [0.5, 0.6) is 5.75 Å². The SMILES string of the molecule is COc1ccnc(NC(=O)c2ccc3cnc(NC4CCC(O)CC4)nc3c2)c1. The maximum atomic E-state index is 12.6. The van der Waals surface area contributed by atoms with Gasteiger partial charge in [-0.15, -0.1) is 0 Å². The van der Waals surface area contributed by atoms with E-state index in [1.54, 1.807) is 43.8 Å². The van der Waals surface area contributed by atoms with Crippen LogP contribution in [0, 0.1) is 0 Å². The number of amides is 1. The summed E-state index contributed by atoms with van der Waals surface area (Å²) >= 11 is 0. The van der Waals surface area contributed by atoms with Crippen LogP contribution in [0.25, 0.3) is 10.9 Å². The summed E-state index contributed by atoms with van der Waals surface area (Å²) in [5.41, 5.74) is 1.16. The number of carbonyl (C=O) groups is 1. The van der Waals surface area contributed by atoms with E-state index in [1.165, 1.54) is 0 Å². The number of aliphatic hydroxyl groups excluding tert-OH is 1. The van der Waals surface area contributed by atoms with Crippen molar-refractivity contribution in [3.63, 3.8) is 0 Å². The van der Waals surface area contributed by atoms with Gasteiger partial charge in [-0.2, -0.15) is 0 Å². The fraction of sp³-hybridized carbons (Fsp3) is 0.333. The maximum absolute atomic E-state index is 12.6. The lowest BCUT2D eigenvalue weighted by atomic mass is 9.93. The number of aromatic nitrogens is 3. The molecule has 1 fully saturated rings. The molecule has 29 heavy (non-hydrogen) atoms. The third-order valence-corrected chi connectivity index (χ3v) is 5.08. The van der Waals surface area contributed by atoms with Crippen molar-refractivity contribution >= 4 is 28.6 Å². The Hall–Kier alpha value is -3.26. The fourth-order valence-electron chi connectivity index (χ4n) is 3.43. The number of fused-ring (bicyclic) bond motifs is 1. The van der Waals surface area contributed by atoms with E-state index in [1.807, 2.05) is 6.07 Å². The molecule has 3 aromatic rings. The second-order valence-corrected chi connectivity index (χ2v) is 7.15. The number of nitrogens with zero attached hydrogens (tertiary/aromatic N) is 3. The first-order chi connectivity index (χ1) is 14.1. The molecule has 2 aromatic heterocycles. The highest BCUT2D eigenvalue weighted by Gasteiger charge is 2.20. The smallest absolute Gasteiger partial charge is 0.256 e. The van der Waals surface area contributed by atoms with Gasteiger partial charge in [-0.3, -0.25) is 4.79 Å². The number of carbonyl (C=O) groups excluding carboxylic acids is 1. The Bertz CT molecular complexity index is 1020. The summed E-state index contributed by atoms with van der Waals surface area (Å²) in [5.74, 6) is 1.29. The van der Waals surface area contributed by atoms with Crippen molar-refractivity contribution in [2.45, 2.75) is 37.8 Å². The molecule has 4 rings (SSSR count). The number of ether oxygens (including phenoxy) is 1. The third kappa shape index (κ3) is 4.60. The molecule has 0 atom stereocenters. The Kier molecular flexibility index (Phi) is 5.53. The van der Waals surface area contributed by atoms with Gasteiger partial charge >= 0.3 is 0 Å². The molecule has 0 bridgehead atoms. The molecule has 8 heteroatoms. The number of rotatable bonds is 5. The van der Waals surface area contributed by atoms with Crippen LogP contribution >= 0.6 is 0 Å². The van der Waals surface area contributed by atoms with Gasteiger partial charge in [-0.05, 0) is 43.9 Å². The second kappa shape index (κ2) is 8.40. The normalized spacial score (nSPS) is 19.0. The van der Waals surface area contributed by atoms with Crippen LogP contribution in [0.3, 0.4) is 0 Å². The third-order valence-electron chi connectivity index (χ3n) is 5.08. The largest absolute Gasteiger partial charge is 0.497 e. The van der Waals surface area contributed by atoms with E-state index in [9.17, 15) is 9.90 Å². The summed E-state index contributed by atoms with van der Waals surface area (Å²) in [7, 11) is 1.56. The van der Waals surface area contributed by atoms with Gasteiger partial charge in [0.1, 0.15) is 11.6 Å². The van der Waals surface area contributed by atoms with Crippen LogP contribution in [-0.4, -0.2) is 45.2 Å². The number of methoxy groups -OCH3 is 1. The van der Waals surface area contributed by atoms with Gasteiger partial charge in [0.25, 0.3) is 5.91 Å². The number of nitrogens with one attached hydrogen (secondary N) is 2. The predicted octanol–water partition coefficient (Wildman–Crippen LogP) is 3.00. The van der Waals surface area contributed by atoms with Gasteiger partial charge in [0, 0.05) is 35.5 Å². The Labute approximate surface area is 168 Å². The van der Waals surface area contributed by atoms with Gasteiger partial charge in [-0.1, -0.05) is 6.07 Å². The lowest BCUT2D eigenvalue weighted by Crippen LogP contribution is -2.28. The zero-order valence-corrected chi connectivity index (χ0v) is 16.1. The van der Waals surface area contributed by atoms with Crippen molar-refractivity contribution in [1.29, 1.82) is 0 Å². The summed E-state index contributed by atoms with van der Waals surface area (Å²) in [6, 6.07) is 8.92. The molecule has 0 spiro atoms. The molecule has 1 aliphatic carbocycles. The monoisotopic (exact) mass is 393 g/mol. The zero-order valence-electron chi connectivity index (χ0n) is 16.1. The number of hydrogen-bond donors (Lipinski definition) is 3. The van der Waals surface area contributed by atoms with Crippen molar-refractivity contribution in [3.05, 3.63) is 48.3 Å². The van der Waals surface area contributed by atoms with Crippen LogP contribution in [0.4, 0.5) is 11.8 Å². The Morgan fingerprint density at radius 1 is 1.14 bits per heavy atom. The Morgan fingerprint density at radius 2 is 1.97 bits per heavy atom. The first kappa shape index (κ1) is 19.1. The molecule has 1 aromatic carbocycles. The zero-order chi connectivity index (χ0) is 20.2. The average molecular weight is 393 g/mol. The Morgan fingerprint density at radius 3 is 2.76 bits per heavy atom. The molecule has 8 nitrogen and oxygen atoms in total. The molecular formula is C21H23N5O3. The van der Waals surface area contributed by atoms with Crippen molar-refractivity contribution in [1.82, 2.24) is 15.0 Å². The predicted molar refractivity (Wildman–Crippen MR) is 110 cm³/mol. The topological polar surface area (TPSA) is 109 Å². The molecular weight excluding hydrogens is 370 g/mol. The average Bonchev–Trinajstić information content (AvgIpc) is 2.75. The van der Waals surface area contributed by atoms with Crippen LogP contribution in [0.2, 0.25) is 0 Å². The summed E-state index contributed by atoms with van der Waals surface area (Å²) in [6.45, 7) is 0. The minimum absolute atomic E-state index is 0.203. The van der Waals surface area contributed by atoms with Crippen molar-refractivity contribution < 1.29 is 14.6 Å². The minimum atomic E-state index is -0.276. The summed E-state index contributed by atoms with van der Waals surface area (Å²) in [6.07, 6.45) is 6.46.